The van der Waals surface area contributed by atoms with E-state index in [4.69, 9.17) is 0 Å². The van der Waals surface area contributed by atoms with Crippen molar-refractivity contribution in [2.75, 3.05) is 19.6 Å². The molecule has 0 aromatic rings. The molecule has 1 atom stereocenters. The Morgan fingerprint density at radius 1 is 1.37 bits per heavy atom. The molecule has 3 nitrogen and oxygen atoms in total. The second-order valence-corrected chi connectivity index (χ2v) is 6.57. The van der Waals surface area contributed by atoms with Crippen LogP contribution in [-0.2, 0) is 0 Å². The predicted molar refractivity (Wildman–Crippen MR) is 81.0 cm³/mol. The highest BCUT2D eigenvalue weighted by Crippen LogP contribution is 2.28. The fourth-order valence-corrected chi connectivity index (χ4v) is 2.29. The van der Waals surface area contributed by atoms with Gasteiger partial charge in [0.05, 0.1) is 6.07 Å². The number of hydrogen-bond donors (Lipinski definition) is 1. The van der Waals surface area contributed by atoms with Crippen molar-refractivity contribution in [3.05, 3.63) is 0 Å². The molecule has 19 heavy (non-hydrogen) atoms. The summed E-state index contributed by atoms with van der Waals surface area (Å²) < 4.78 is 0. The number of nitrogens with one attached hydrogen (secondary N) is 1. The summed E-state index contributed by atoms with van der Waals surface area (Å²) in [6.07, 6.45) is 5.98. The lowest BCUT2D eigenvalue weighted by atomic mass is 9.99. The lowest BCUT2D eigenvalue weighted by Crippen LogP contribution is -2.44. The Morgan fingerprint density at radius 3 is 2.53 bits per heavy atom. The molecule has 3 heteroatoms. The van der Waals surface area contributed by atoms with Crippen LogP contribution in [0.4, 0.5) is 0 Å². The lowest BCUT2D eigenvalue weighted by Gasteiger charge is -2.29. The van der Waals surface area contributed by atoms with Gasteiger partial charge < -0.3 is 4.90 Å². The zero-order chi connectivity index (χ0) is 14.3. The first-order valence-corrected chi connectivity index (χ1v) is 7.91. The highest BCUT2D eigenvalue weighted by molar-refractivity contribution is 5.04. The number of rotatable bonds is 10. The van der Waals surface area contributed by atoms with Crippen LogP contribution in [0.15, 0.2) is 0 Å². The highest BCUT2D eigenvalue weighted by atomic mass is 15.2. The minimum absolute atomic E-state index is 0.360. The third-order valence-electron chi connectivity index (χ3n) is 3.97. The van der Waals surface area contributed by atoms with Crippen molar-refractivity contribution in [2.45, 2.75) is 71.4 Å². The molecule has 0 bridgehead atoms. The maximum absolute atomic E-state index is 9.37. The Bertz CT molecular complexity index is 291. The molecule has 0 saturated heterocycles. The van der Waals surface area contributed by atoms with Gasteiger partial charge in [-0.05, 0) is 58.0 Å². The van der Waals surface area contributed by atoms with Gasteiger partial charge in [-0.25, -0.2) is 0 Å². The molecule has 0 amide bonds. The topological polar surface area (TPSA) is 39.1 Å². The third-order valence-corrected chi connectivity index (χ3v) is 3.97. The molecule has 0 aromatic carbocycles. The molecular formula is C16H31N3. The molecule has 0 aliphatic heterocycles. The molecule has 0 radical (unpaired) electrons. The number of nitrogens with zero attached hydrogens (tertiary/aromatic N) is 2. The number of nitriles is 1. The fourth-order valence-electron chi connectivity index (χ4n) is 2.29. The summed E-state index contributed by atoms with van der Waals surface area (Å²) in [6, 6.07) is 3.25. The molecule has 1 N–H and O–H groups in total. The standard InChI is InChI=1S/C16H31N3/c1-5-10-18-16(4,13-17)9-12-19(15-6-7-15)11-8-14(2)3/h14-15,18H,5-12H2,1-4H3. The Labute approximate surface area is 119 Å². The van der Waals surface area contributed by atoms with Crippen molar-refractivity contribution in [1.82, 2.24) is 10.2 Å². The smallest absolute Gasteiger partial charge is 0.105 e. The molecule has 110 valence electrons. The van der Waals surface area contributed by atoms with Crippen LogP contribution in [0, 0.1) is 17.2 Å². The predicted octanol–water partition coefficient (Wildman–Crippen LogP) is 3.17. The largest absolute Gasteiger partial charge is 0.300 e. The van der Waals surface area contributed by atoms with Crippen molar-refractivity contribution < 1.29 is 0 Å². The molecule has 1 unspecified atom stereocenters. The minimum atomic E-state index is -0.360. The van der Waals surface area contributed by atoms with E-state index in [2.05, 4.69) is 37.1 Å². The summed E-state index contributed by atoms with van der Waals surface area (Å²) in [5.74, 6) is 0.766. The molecule has 1 aliphatic rings. The van der Waals surface area contributed by atoms with Crippen LogP contribution >= 0.6 is 0 Å². The Morgan fingerprint density at radius 2 is 2.05 bits per heavy atom. The van der Waals surface area contributed by atoms with E-state index in [1.807, 2.05) is 6.92 Å². The van der Waals surface area contributed by atoms with Gasteiger partial charge in [-0.3, -0.25) is 5.32 Å². The average Bonchev–Trinajstić information content (AvgIpc) is 3.20. The van der Waals surface area contributed by atoms with Crippen LogP contribution < -0.4 is 5.32 Å². The van der Waals surface area contributed by atoms with Gasteiger partial charge in [0.2, 0.25) is 0 Å². The van der Waals surface area contributed by atoms with Crippen molar-refractivity contribution >= 4 is 0 Å². The first-order chi connectivity index (χ1) is 9.00. The van der Waals surface area contributed by atoms with Crippen molar-refractivity contribution in [2.24, 2.45) is 5.92 Å². The second kappa shape index (κ2) is 7.87. The van der Waals surface area contributed by atoms with Crippen molar-refractivity contribution in [3.63, 3.8) is 0 Å². The van der Waals surface area contributed by atoms with Crippen LogP contribution in [0.5, 0.6) is 0 Å². The SMILES string of the molecule is CCCNC(C)(C#N)CCN(CCC(C)C)C1CC1. The van der Waals surface area contributed by atoms with Crippen molar-refractivity contribution in [3.8, 4) is 6.07 Å². The summed E-state index contributed by atoms with van der Waals surface area (Å²) in [6.45, 7) is 11.9. The van der Waals surface area contributed by atoms with E-state index in [0.717, 1.165) is 37.9 Å². The van der Waals surface area contributed by atoms with E-state index in [-0.39, 0.29) is 5.54 Å². The van der Waals surface area contributed by atoms with Gasteiger partial charge in [0, 0.05) is 12.6 Å². The molecule has 0 spiro atoms. The molecule has 1 rings (SSSR count). The van der Waals surface area contributed by atoms with E-state index in [9.17, 15) is 5.26 Å². The molecule has 0 aromatic heterocycles. The van der Waals surface area contributed by atoms with Crippen molar-refractivity contribution in [1.29, 1.82) is 5.26 Å². The molecule has 1 aliphatic carbocycles. The summed E-state index contributed by atoms with van der Waals surface area (Å²) in [7, 11) is 0. The Balaban J connectivity index is 2.39. The monoisotopic (exact) mass is 265 g/mol. The molecule has 1 saturated carbocycles. The maximum Gasteiger partial charge on any atom is 0.105 e. The summed E-state index contributed by atoms with van der Waals surface area (Å²) in [4.78, 5) is 2.60. The maximum atomic E-state index is 9.37. The Kier molecular flexibility index (Phi) is 6.82. The normalized spacial score (nSPS) is 18.6. The molecular weight excluding hydrogens is 234 g/mol. The Hall–Kier alpha value is -0.590. The van der Waals surface area contributed by atoms with E-state index < -0.39 is 0 Å². The zero-order valence-electron chi connectivity index (χ0n) is 13.2. The fraction of sp³-hybridized carbons (Fsp3) is 0.938. The average molecular weight is 265 g/mol. The third kappa shape index (κ3) is 6.40. The van der Waals surface area contributed by atoms with Gasteiger partial charge in [-0.15, -0.1) is 0 Å². The number of hydrogen-bond acceptors (Lipinski definition) is 3. The van der Waals surface area contributed by atoms with E-state index >= 15 is 0 Å². The van der Waals surface area contributed by atoms with Crippen LogP contribution in [0.3, 0.4) is 0 Å². The van der Waals surface area contributed by atoms with E-state index in [0.29, 0.717) is 0 Å². The summed E-state index contributed by atoms with van der Waals surface area (Å²) in [5.41, 5.74) is -0.360. The van der Waals surface area contributed by atoms with Gasteiger partial charge in [-0.2, -0.15) is 5.26 Å². The van der Waals surface area contributed by atoms with Crippen LogP contribution in [-0.4, -0.2) is 36.1 Å². The van der Waals surface area contributed by atoms with Gasteiger partial charge in [0.25, 0.3) is 0 Å². The first kappa shape index (κ1) is 16.5. The summed E-state index contributed by atoms with van der Waals surface area (Å²) >= 11 is 0. The van der Waals surface area contributed by atoms with Gasteiger partial charge in [-0.1, -0.05) is 20.8 Å². The molecule has 1 fully saturated rings. The van der Waals surface area contributed by atoms with Crippen LogP contribution in [0.25, 0.3) is 0 Å². The van der Waals surface area contributed by atoms with Gasteiger partial charge in [0.15, 0.2) is 0 Å². The zero-order valence-corrected chi connectivity index (χ0v) is 13.2. The van der Waals surface area contributed by atoms with Gasteiger partial charge in [0.1, 0.15) is 5.54 Å². The van der Waals surface area contributed by atoms with Gasteiger partial charge >= 0.3 is 0 Å². The van der Waals surface area contributed by atoms with Crippen LogP contribution in [0.1, 0.15) is 59.8 Å². The lowest BCUT2D eigenvalue weighted by molar-refractivity contribution is 0.224. The minimum Gasteiger partial charge on any atom is -0.300 e. The van der Waals surface area contributed by atoms with E-state index in [1.165, 1.54) is 25.8 Å². The van der Waals surface area contributed by atoms with E-state index in [1.54, 1.807) is 0 Å². The molecule has 0 heterocycles. The van der Waals surface area contributed by atoms with Crippen LogP contribution in [0.2, 0.25) is 0 Å². The quantitative estimate of drug-likeness (QED) is 0.659. The first-order valence-electron chi connectivity index (χ1n) is 7.91. The summed E-state index contributed by atoms with van der Waals surface area (Å²) in [5, 5.41) is 12.8. The highest BCUT2D eigenvalue weighted by Gasteiger charge is 2.31. The second-order valence-electron chi connectivity index (χ2n) is 6.57.